The number of hydrogen-bond acceptors (Lipinski definition) is 4. The summed E-state index contributed by atoms with van der Waals surface area (Å²) < 4.78 is 17.7. The number of carbonyl (C=O) groups excluding carboxylic acids is 2. The van der Waals surface area contributed by atoms with Gasteiger partial charge in [0.15, 0.2) is 0 Å². The van der Waals surface area contributed by atoms with Crippen LogP contribution in [0.15, 0.2) is 0 Å². The quantitative estimate of drug-likeness (QED) is 0.802. The van der Waals surface area contributed by atoms with E-state index in [0.717, 1.165) is 12.8 Å². The van der Waals surface area contributed by atoms with Gasteiger partial charge in [0.2, 0.25) is 5.91 Å². The maximum Gasteiger partial charge on any atom is 0.317 e. The Hall–Kier alpha value is -1.15. The lowest BCUT2D eigenvalue weighted by atomic mass is 10.0. The fraction of sp³-hybridized carbons (Fsp3) is 0.875. The van der Waals surface area contributed by atoms with Gasteiger partial charge in [-0.3, -0.25) is 9.00 Å². The Morgan fingerprint density at radius 3 is 2.62 bits per heavy atom. The van der Waals surface area contributed by atoms with Crippen LogP contribution in [0.2, 0.25) is 0 Å². The molecular formula is C16H27N3O4S. The fourth-order valence-corrected chi connectivity index (χ4v) is 5.80. The van der Waals surface area contributed by atoms with Gasteiger partial charge in [-0.15, -0.1) is 0 Å². The molecule has 1 spiro atoms. The SMILES string of the molecule is COCCN1C(=O)CS(=O)C12CCN(C(=O)NC1CCCC1)CC2. The number of likely N-dealkylation sites (tertiary alicyclic amines) is 1. The summed E-state index contributed by atoms with van der Waals surface area (Å²) in [6.45, 7) is 1.99. The fourth-order valence-electron chi connectivity index (χ4n) is 4.08. The molecule has 3 rings (SSSR count). The highest BCUT2D eigenvalue weighted by Crippen LogP contribution is 2.37. The number of methoxy groups -OCH3 is 1. The van der Waals surface area contributed by atoms with E-state index in [1.165, 1.54) is 12.8 Å². The first-order chi connectivity index (χ1) is 11.6. The molecule has 1 atom stereocenters. The predicted molar refractivity (Wildman–Crippen MR) is 90.9 cm³/mol. The van der Waals surface area contributed by atoms with Gasteiger partial charge < -0.3 is 19.9 Å². The van der Waals surface area contributed by atoms with Crippen LogP contribution in [0.4, 0.5) is 4.79 Å². The van der Waals surface area contributed by atoms with Gasteiger partial charge in [-0.2, -0.15) is 0 Å². The number of amides is 3. The van der Waals surface area contributed by atoms with Crippen LogP contribution in [0.3, 0.4) is 0 Å². The molecule has 1 aliphatic carbocycles. The van der Waals surface area contributed by atoms with E-state index in [9.17, 15) is 13.8 Å². The molecule has 2 heterocycles. The van der Waals surface area contributed by atoms with Crippen molar-refractivity contribution < 1.29 is 18.5 Å². The zero-order chi connectivity index (χ0) is 17.2. The topological polar surface area (TPSA) is 79.0 Å². The minimum absolute atomic E-state index is 0.0182. The Balaban J connectivity index is 1.60. The molecule has 2 aliphatic heterocycles. The highest BCUT2D eigenvalue weighted by molar-refractivity contribution is 7.87. The van der Waals surface area contributed by atoms with E-state index in [1.807, 2.05) is 0 Å². The number of ether oxygens (including phenoxy) is 1. The molecule has 0 aromatic heterocycles. The lowest BCUT2D eigenvalue weighted by molar-refractivity contribution is -0.131. The lowest BCUT2D eigenvalue weighted by Crippen LogP contribution is -2.58. The molecule has 0 aromatic carbocycles. The monoisotopic (exact) mass is 357 g/mol. The van der Waals surface area contributed by atoms with Gasteiger partial charge in [-0.05, 0) is 12.8 Å². The van der Waals surface area contributed by atoms with E-state index < -0.39 is 15.7 Å². The zero-order valence-electron chi connectivity index (χ0n) is 14.3. The smallest absolute Gasteiger partial charge is 0.317 e. The molecule has 0 radical (unpaired) electrons. The third-order valence-electron chi connectivity index (χ3n) is 5.51. The van der Waals surface area contributed by atoms with Gasteiger partial charge in [0, 0.05) is 45.6 Å². The molecule has 8 heteroatoms. The molecule has 7 nitrogen and oxygen atoms in total. The molecule has 0 aromatic rings. The van der Waals surface area contributed by atoms with Crippen LogP contribution in [-0.2, 0) is 20.3 Å². The van der Waals surface area contributed by atoms with Gasteiger partial charge in [0.05, 0.1) is 17.4 Å². The Bertz CT molecular complexity index is 513. The number of rotatable bonds is 4. The van der Waals surface area contributed by atoms with Crippen LogP contribution in [0.1, 0.15) is 38.5 Å². The predicted octanol–water partition coefficient (Wildman–Crippen LogP) is 0.668. The molecule has 24 heavy (non-hydrogen) atoms. The summed E-state index contributed by atoms with van der Waals surface area (Å²) >= 11 is 0. The second kappa shape index (κ2) is 7.39. The summed E-state index contributed by atoms with van der Waals surface area (Å²) in [5, 5.41) is 3.10. The summed E-state index contributed by atoms with van der Waals surface area (Å²) in [4.78, 5) is 27.5. The number of nitrogens with one attached hydrogen (secondary N) is 1. The van der Waals surface area contributed by atoms with Crippen molar-refractivity contribution >= 4 is 22.7 Å². The van der Waals surface area contributed by atoms with Crippen molar-refractivity contribution in [3.63, 3.8) is 0 Å². The molecule has 136 valence electrons. The first kappa shape index (κ1) is 17.7. The van der Waals surface area contributed by atoms with Crippen molar-refractivity contribution in [3.05, 3.63) is 0 Å². The molecule has 3 fully saturated rings. The molecule has 1 N–H and O–H groups in total. The summed E-state index contributed by atoms with van der Waals surface area (Å²) in [6, 6.07) is 0.282. The summed E-state index contributed by atoms with van der Waals surface area (Å²) in [6.07, 6.45) is 5.65. The van der Waals surface area contributed by atoms with Crippen molar-refractivity contribution in [2.45, 2.75) is 49.4 Å². The van der Waals surface area contributed by atoms with Crippen molar-refractivity contribution in [1.29, 1.82) is 0 Å². The van der Waals surface area contributed by atoms with Gasteiger partial charge >= 0.3 is 6.03 Å². The highest BCUT2D eigenvalue weighted by Gasteiger charge is 2.52. The highest BCUT2D eigenvalue weighted by atomic mass is 32.2. The Kier molecular flexibility index (Phi) is 5.44. The van der Waals surface area contributed by atoms with Crippen molar-refractivity contribution in [2.24, 2.45) is 0 Å². The van der Waals surface area contributed by atoms with Crippen LogP contribution in [-0.4, -0.2) is 76.0 Å². The van der Waals surface area contributed by atoms with Crippen molar-refractivity contribution in [2.75, 3.05) is 39.1 Å². The van der Waals surface area contributed by atoms with Crippen LogP contribution < -0.4 is 5.32 Å². The van der Waals surface area contributed by atoms with E-state index >= 15 is 0 Å². The number of nitrogens with zero attached hydrogens (tertiary/aromatic N) is 2. The van der Waals surface area contributed by atoms with E-state index in [0.29, 0.717) is 45.1 Å². The van der Waals surface area contributed by atoms with Crippen molar-refractivity contribution in [1.82, 2.24) is 15.1 Å². The largest absolute Gasteiger partial charge is 0.383 e. The number of urea groups is 1. The minimum atomic E-state index is -1.20. The average molecular weight is 357 g/mol. The first-order valence-corrected chi connectivity index (χ1v) is 10.1. The van der Waals surface area contributed by atoms with E-state index in [-0.39, 0.29) is 17.7 Å². The Morgan fingerprint density at radius 1 is 1.33 bits per heavy atom. The second-order valence-electron chi connectivity index (χ2n) is 6.89. The summed E-state index contributed by atoms with van der Waals surface area (Å²) in [5.74, 6) is 0.0343. The average Bonchev–Trinajstić information content (AvgIpc) is 3.15. The standard InChI is InChI=1S/C16H27N3O4S/c1-23-11-10-19-14(20)12-24(22)16(19)6-8-18(9-7-16)15(21)17-13-4-2-3-5-13/h13H,2-12H2,1H3,(H,17,21). The van der Waals surface area contributed by atoms with Crippen LogP contribution in [0.25, 0.3) is 0 Å². The maximum absolute atomic E-state index is 12.6. The summed E-state index contributed by atoms with van der Waals surface area (Å²) in [7, 11) is 0.396. The number of carbonyl (C=O) groups is 2. The molecule has 1 saturated carbocycles. The number of hydrogen-bond donors (Lipinski definition) is 1. The molecular weight excluding hydrogens is 330 g/mol. The van der Waals surface area contributed by atoms with Crippen molar-refractivity contribution in [3.8, 4) is 0 Å². The van der Waals surface area contributed by atoms with Gasteiger partial charge in [-0.25, -0.2) is 4.79 Å². The maximum atomic E-state index is 12.6. The van der Waals surface area contributed by atoms with Gasteiger partial charge in [0.1, 0.15) is 10.6 Å². The Morgan fingerprint density at radius 2 is 2.00 bits per heavy atom. The molecule has 3 amide bonds. The lowest BCUT2D eigenvalue weighted by Gasteiger charge is -2.43. The van der Waals surface area contributed by atoms with Crippen LogP contribution in [0, 0.1) is 0 Å². The third kappa shape index (κ3) is 3.31. The summed E-state index contributed by atoms with van der Waals surface area (Å²) in [5.41, 5.74) is 0. The first-order valence-electron chi connectivity index (χ1n) is 8.80. The van der Waals surface area contributed by atoms with Crippen LogP contribution >= 0.6 is 0 Å². The van der Waals surface area contributed by atoms with Crippen LogP contribution in [0.5, 0.6) is 0 Å². The molecule has 0 bridgehead atoms. The minimum Gasteiger partial charge on any atom is -0.383 e. The van der Waals surface area contributed by atoms with Gasteiger partial charge in [-0.1, -0.05) is 12.8 Å². The second-order valence-corrected chi connectivity index (χ2v) is 8.63. The van der Waals surface area contributed by atoms with E-state index in [4.69, 9.17) is 4.74 Å². The molecule has 3 aliphatic rings. The Labute approximate surface area is 145 Å². The van der Waals surface area contributed by atoms with E-state index in [1.54, 1.807) is 16.9 Å². The third-order valence-corrected chi connectivity index (χ3v) is 7.49. The number of piperidine rings is 1. The molecule has 2 saturated heterocycles. The zero-order valence-corrected chi connectivity index (χ0v) is 15.1. The molecule has 1 unspecified atom stereocenters. The normalized spacial score (nSPS) is 27.2. The van der Waals surface area contributed by atoms with E-state index in [2.05, 4.69) is 5.32 Å². The van der Waals surface area contributed by atoms with Gasteiger partial charge in [0.25, 0.3) is 0 Å².